The minimum Gasteiger partial charge on any atom is -0.278 e. The van der Waals surface area contributed by atoms with Crippen LogP contribution in [-0.2, 0) is 17.4 Å². The molecule has 1 N–H and O–H groups in total. The molecule has 32 heavy (non-hydrogen) atoms. The first-order chi connectivity index (χ1) is 15.0. The molecule has 0 radical (unpaired) electrons. The van der Waals surface area contributed by atoms with Gasteiger partial charge in [0.2, 0.25) is 0 Å². The van der Waals surface area contributed by atoms with E-state index >= 15 is 0 Å². The number of benzene rings is 2. The Morgan fingerprint density at radius 1 is 0.969 bits per heavy atom. The second-order valence-electron chi connectivity index (χ2n) is 10.9. The van der Waals surface area contributed by atoms with Crippen molar-refractivity contribution < 1.29 is 0 Å². The van der Waals surface area contributed by atoms with Crippen molar-refractivity contribution >= 4 is 45.0 Å². The Morgan fingerprint density at radius 3 is 2.28 bits per heavy atom. The first kappa shape index (κ1) is 21.8. The lowest BCUT2D eigenvalue weighted by molar-refractivity contribution is 0.417. The number of aromatic nitrogens is 4. The van der Waals surface area contributed by atoms with Gasteiger partial charge < -0.3 is 0 Å². The van der Waals surface area contributed by atoms with Crippen molar-refractivity contribution in [2.45, 2.75) is 77.7 Å². The fourth-order valence-electron chi connectivity index (χ4n) is 5.13. The van der Waals surface area contributed by atoms with Gasteiger partial charge >= 0.3 is 0 Å². The fourth-order valence-corrected chi connectivity index (χ4v) is 5.99. The largest absolute Gasteiger partial charge is 0.278 e. The van der Waals surface area contributed by atoms with E-state index in [1.807, 2.05) is 25.1 Å². The van der Waals surface area contributed by atoms with Gasteiger partial charge in [0.25, 0.3) is 0 Å². The van der Waals surface area contributed by atoms with E-state index in [0.717, 1.165) is 37.7 Å². The molecule has 2 heterocycles. The van der Waals surface area contributed by atoms with Gasteiger partial charge in [0.05, 0.1) is 29.0 Å². The Hall–Kier alpha value is -2.04. The van der Waals surface area contributed by atoms with Crippen LogP contribution in [0.5, 0.6) is 0 Å². The standard InChI is InChI=1S/C26H30Cl2N4/c1-14-20-18(30-29-14)11-9-17(28)23(20)26(5,6)13-32-19-12-10-16(27)22(25(2,3)4)21(19)24(31-32)15-7-8-15/h9-12,15H,7-8,13H2,1-6H3,(H,29,30). The van der Waals surface area contributed by atoms with E-state index in [1.165, 1.54) is 29.5 Å². The second-order valence-corrected chi connectivity index (χ2v) is 11.7. The monoisotopic (exact) mass is 468 g/mol. The molecular weight excluding hydrogens is 439 g/mol. The van der Waals surface area contributed by atoms with E-state index < -0.39 is 0 Å². The molecule has 0 spiro atoms. The number of aromatic amines is 1. The van der Waals surface area contributed by atoms with Crippen LogP contribution in [0.4, 0.5) is 0 Å². The molecule has 0 bridgehead atoms. The normalized spacial score (nSPS) is 15.2. The van der Waals surface area contributed by atoms with Crippen molar-refractivity contribution in [1.29, 1.82) is 0 Å². The van der Waals surface area contributed by atoms with Crippen molar-refractivity contribution in [2.24, 2.45) is 0 Å². The predicted octanol–water partition coefficient (Wildman–Crippen LogP) is 7.68. The van der Waals surface area contributed by atoms with Crippen molar-refractivity contribution in [2.75, 3.05) is 0 Å². The zero-order valence-electron chi connectivity index (χ0n) is 19.6. The maximum atomic E-state index is 6.78. The van der Waals surface area contributed by atoms with Crippen LogP contribution in [0.15, 0.2) is 24.3 Å². The topological polar surface area (TPSA) is 46.5 Å². The van der Waals surface area contributed by atoms with Gasteiger partial charge in [-0.05, 0) is 60.6 Å². The van der Waals surface area contributed by atoms with Crippen LogP contribution in [0.3, 0.4) is 0 Å². The number of nitrogens with zero attached hydrogens (tertiary/aromatic N) is 3. The van der Waals surface area contributed by atoms with Gasteiger partial charge in [-0.2, -0.15) is 10.2 Å². The third-order valence-electron chi connectivity index (χ3n) is 6.69. The molecular formula is C26H30Cl2N4. The maximum Gasteiger partial charge on any atom is 0.0737 e. The van der Waals surface area contributed by atoms with Crippen LogP contribution in [0.2, 0.25) is 10.0 Å². The van der Waals surface area contributed by atoms with Gasteiger partial charge in [-0.3, -0.25) is 9.78 Å². The van der Waals surface area contributed by atoms with E-state index in [-0.39, 0.29) is 10.8 Å². The van der Waals surface area contributed by atoms with Gasteiger partial charge in [-0.15, -0.1) is 0 Å². The van der Waals surface area contributed by atoms with Crippen LogP contribution in [0.1, 0.15) is 75.9 Å². The highest BCUT2D eigenvalue weighted by Gasteiger charge is 2.35. The van der Waals surface area contributed by atoms with Crippen molar-refractivity contribution in [1.82, 2.24) is 20.0 Å². The van der Waals surface area contributed by atoms with E-state index in [1.54, 1.807) is 0 Å². The van der Waals surface area contributed by atoms with Gasteiger partial charge in [0, 0.05) is 32.2 Å². The molecule has 168 valence electrons. The molecule has 0 saturated heterocycles. The minimum atomic E-state index is -0.257. The zero-order valence-corrected chi connectivity index (χ0v) is 21.1. The summed E-state index contributed by atoms with van der Waals surface area (Å²) < 4.78 is 2.18. The average molecular weight is 469 g/mol. The molecule has 2 aromatic carbocycles. The second kappa shape index (κ2) is 7.23. The summed E-state index contributed by atoms with van der Waals surface area (Å²) in [6.45, 7) is 13.9. The summed E-state index contributed by atoms with van der Waals surface area (Å²) in [6.07, 6.45) is 2.40. The van der Waals surface area contributed by atoms with Crippen LogP contribution in [0, 0.1) is 6.92 Å². The number of fused-ring (bicyclic) bond motifs is 2. The molecule has 5 rings (SSSR count). The molecule has 2 aromatic heterocycles. The first-order valence-electron chi connectivity index (χ1n) is 11.3. The van der Waals surface area contributed by atoms with Crippen molar-refractivity contribution in [3.05, 3.63) is 56.8 Å². The lowest BCUT2D eigenvalue weighted by atomic mass is 9.81. The van der Waals surface area contributed by atoms with Crippen LogP contribution >= 0.6 is 23.2 Å². The number of halogens is 2. The summed E-state index contributed by atoms with van der Waals surface area (Å²) in [5.41, 5.74) is 6.34. The Labute approximate surface area is 199 Å². The van der Waals surface area contributed by atoms with E-state index in [9.17, 15) is 0 Å². The highest BCUT2D eigenvalue weighted by atomic mass is 35.5. The minimum absolute atomic E-state index is 0.0631. The van der Waals surface area contributed by atoms with Crippen molar-refractivity contribution in [3.8, 4) is 0 Å². The number of nitrogens with one attached hydrogen (secondary N) is 1. The average Bonchev–Trinajstić information content (AvgIpc) is 3.39. The van der Waals surface area contributed by atoms with Gasteiger partial charge in [0.15, 0.2) is 0 Å². The Balaban J connectivity index is 1.70. The van der Waals surface area contributed by atoms with Crippen LogP contribution in [-0.4, -0.2) is 20.0 Å². The molecule has 4 aromatic rings. The van der Waals surface area contributed by atoms with Crippen LogP contribution in [0.25, 0.3) is 21.8 Å². The molecule has 1 aliphatic carbocycles. The molecule has 1 aliphatic rings. The molecule has 1 fully saturated rings. The molecule has 0 amide bonds. The summed E-state index contributed by atoms with van der Waals surface area (Å²) in [5, 5.41) is 16.7. The third-order valence-corrected chi connectivity index (χ3v) is 7.32. The third kappa shape index (κ3) is 3.43. The zero-order chi connectivity index (χ0) is 23.0. The summed E-state index contributed by atoms with van der Waals surface area (Å²) in [5.74, 6) is 0.532. The highest BCUT2D eigenvalue weighted by Crippen LogP contribution is 2.47. The lowest BCUT2D eigenvalue weighted by Crippen LogP contribution is -2.26. The van der Waals surface area contributed by atoms with Gasteiger partial charge in [0.1, 0.15) is 0 Å². The van der Waals surface area contributed by atoms with Gasteiger partial charge in [-0.1, -0.05) is 57.8 Å². The molecule has 0 aliphatic heterocycles. The molecule has 1 saturated carbocycles. The van der Waals surface area contributed by atoms with Crippen LogP contribution < -0.4 is 0 Å². The number of hydrogen-bond donors (Lipinski definition) is 1. The summed E-state index contributed by atoms with van der Waals surface area (Å²) in [6, 6.07) is 8.13. The summed E-state index contributed by atoms with van der Waals surface area (Å²) in [4.78, 5) is 0. The SMILES string of the molecule is Cc1n[nH]c2ccc(Cl)c(C(C)(C)Cn3nc(C4CC4)c4c(C(C)(C)C)c(Cl)ccc43)c12. The number of rotatable bonds is 4. The molecule has 0 atom stereocenters. The predicted molar refractivity (Wildman–Crippen MR) is 134 cm³/mol. The lowest BCUT2D eigenvalue weighted by Gasteiger charge is -2.28. The summed E-state index contributed by atoms with van der Waals surface area (Å²) >= 11 is 13.5. The highest BCUT2D eigenvalue weighted by molar-refractivity contribution is 6.33. The Bertz CT molecular complexity index is 1350. The van der Waals surface area contributed by atoms with Crippen molar-refractivity contribution in [3.63, 3.8) is 0 Å². The maximum absolute atomic E-state index is 6.78. The summed E-state index contributed by atoms with van der Waals surface area (Å²) in [7, 11) is 0. The Kier molecular flexibility index (Phi) is 4.92. The first-order valence-corrected chi connectivity index (χ1v) is 12.1. The Morgan fingerprint density at radius 2 is 1.62 bits per heavy atom. The number of aryl methyl sites for hydroxylation is 1. The number of H-pyrrole nitrogens is 1. The molecule has 4 nitrogen and oxygen atoms in total. The fraction of sp³-hybridized carbons (Fsp3) is 0.462. The number of hydrogen-bond acceptors (Lipinski definition) is 2. The van der Waals surface area contributed by atoms with Gasteiger partial charge in [-0.25, -0.2) is 0 Å². The van der Waals surface area contributed by atoms with E-state index in [2.05, 4.69) is 55.6 Å². The molecule has 6 heteroatoms. The molecule has 0 unspecified atom stereocenters. The van der Waals surface area contributed by atoms with E-state index in [4.69, 9.17) is 28.3 Å². The van der Waals surface area contributed by atoms with E-state index in [0.29, 0.717) is 12.5 Å². The quantitative estimate of drug-likeness (QED) is 0.333. The smallest absolute Gasteiger partial charge is 0.0737 e.